The van der Waals surface area contributed by atoms with Gasteiger partial charge in [-0.1, -0.05) is 61.6 Å². The summed E-state index contributed by atoms with van der Waals surface area (Å²) < 4.78 is 13.0. The molecule has 4 rings (SSSR count). The second-order valence-corrected chi connectivity index (χ2v) is 10.6. The van der Waals surface area contributed by atoms with Crippen LogP contribution in [0.25, 0.3) is 0 Å². The molecular formula is C27H31FN4O2S. The Bertz CT molecular complexity index is 1140. The summed E-state index contributed by atoms with van der Waals surface area (Å²) in [6, 6.07) is 14.1. The van der Waals surface area contributed by atoms with E-state index in [9.17, 15) is 14.0 Å². The number of rotatable bonds is 9. The molecule has 0 unspecified atom stereocenters. The van der Waals surface area contributed by atoms with Crippen molar-refractivity contribution in [2.45, 2.75) is 46.2 Å². The van der Waals surface area contributed by atoms with Crippen molar-refractivity contribution in [2.75, 3.05) is 13.1 Å². The number of amides is 1. The highest BCUT2D eigenvalue weighted by atomic mass is 32.1. The lowest BCUT2D eigenvalue weighted by Crippen LogP contribution is -2.35. The number of halogens is 1. The Hall–Kier alpha value is -2.97. The smallest absolute Gasteiger partial charge is 0.282 e. The first-order valence-electron chi connectivity index (χ1n) is 12.1. The van der Waals surface area contributed by atoms with Gasteiger partial charge in [0.25, 0.3) is 5.91 Å². The summed E-state index contributed by atoms with van der Waals surface area (Å²) in [4.78, 5) is 27.6. The van der Waals surface area contributed by atoms with Crippen LogP contribution in [0.1, 0.15) is 63.0 Å². The molecule has 1 N–H and O–H groups in total. The number of nitrogens with one attached hydrogen (secondary N) is 1. The number of likely N-dealkylation sites (tertiary alicyclic amines) is 1. The van der Waals surface area contributed by atoms with Crippen LogP contribution in [0.5, 0.6) is 0 Å². The molecule has 0 saturated carbocycles. The number of aromatic nitrogens is 2. The van der Waals surface area contributed by atoms with Crippen molar-refractivity contribution in [3.63, 3.8) is 0 Å². The molecule has 1 amide bonds. The van der Waals surface area contributed by atoms with Gasteiger partial charge in [0, 0.05) is 18.0 Å². The van der Waals surface area contributed by atoms with Crippen molar-refractivity contribution in [3.05, 3.63) is 81.1 Å². The van der Waals surface area contributed by atoms with E-state index in [4.69, 9.17) is 0 Å². The van der Waals surface area contributed by atoms with Gasteiger partial charge in [0.15, 0.2) is 5.78 Å². The summed E-state index contributed by atoms with van der Waals surface area (Å²) in [6.45, 7) is 6.94. The Morgan fingerprint density at radius 3 is 2.34 bits per heavy atom. The first-order chi connectivity index (χ1) is 16.9. The standard InChI is InChI=1S/C27H31FN4O2S/c1-18(2)15-19-3-7-21(8-4-19)25(33)22-11-13-32(14-12-22)17-24-30-31-27(35-24)26(34)29-16-20-5-9-23(28)10-6-20/h3-10,18,22H,11-17H2,1-2H3,(H,29,34). The van der Waals surface area contributed by atoms with Gasteiger partial charge in [-0.05, 0) is 61.5 Å². The van der Waals surface area contributed by atoms with Gasteiger partial charge < -0.3 is 5.32 Å². The number of hydrogen-bond donors (Lipinski definition) is 1. The van der Waals surface area contributed by atoms with Gasteiger partial charge in [0.2, 0.25) is 5.01 Å². The normalized spacial score (nSPS) is 14.9. The SMILES string of the molecule is CC(C)Cc1ccc(C(=O)C2CCN(Cc3nnc(C(=O)NCc4ccc(F)cc4)s3)CC2)cc1. The molecule has 0 radical (unpaired) electrons. The second-order valence-electron chi connectivity index (χ2n) is 9.52. The Morgan fingerprint density at radius 1 is 1.03 bits per heavy atom. The molecule has 3 aromatic rings. The number of Topliss-reactive ketones (excluding diaryl/α,β-unsaturated/α-hetero) is 1. The lowest BCUT2D eigenvalue weighted by molar-refractivity contribution is 0.0834. The van der Waals surface area contributed by atoms with Gasteiger partial charge in [-0.25, -0.2) is 4.39 Å². The molecule has 0 spiro atoms. The summed E-state index contributed by atoms with van der Waals surface area (Å²) in [7, 11) is 0. The van der Waals surface area contributed by atoms with E-state index in [1.54, 1.807) is 12.1 Å². The van der Waals surface area contributed by atoms with Gasteiger partial charge in [0.1, 0.15) is 10.8 Å². The van der Waals surface area contributed by atoms with Crippen LogP contribution < -0.4 is 5.32 Å². The van der Waals surface area contributed by atoms with Gasteiger partial charge in [-0.2, -0.15) is 0 Å². The van der Waals surface area contributed by atoms with Gasteiger partial charge >= 0.3 is 0 Å². The molecular weight excluding hydrogens is 463 g/mol. The van der Waals surface area contributed by atoms with E-state index in [0.717, 1.165) is 48.5 Å². The highest BCUT2D eigenvalue weighted by molar-refractivity contribution is 7.13. The number of benzene rings is 2. The molecule has 1 aliphatic rings. The summed E-state index contributed by atoms with van der Waals surface area (Å²) in [6.07, 6.45) is 2.66. The Kier molecular flexibility index (Phi) is 8.36. The fourth-order valence-corrected chi connectivity index (χ4v) is 5.12. The van der Waals surface area contributed by atoms with Crippen molar-refractivity contribution >= 4 is 23.0 Å². The maximum absolute atomic E-state index is 13.0. The van der Waals surface area contributed by atoms with Crippen molar-refractivity contribution < 1.29 is 14.0 Å². The molecule has 35 heavy (non-hydrogen) atoms. The number of piperidine rings is 1. The van der Waals surface area contributed by atoms with Crippen LogP contribution in [0.2, 0.25) is 0 Å². The number of ketones is 1. The third kappa shape index (κ3) is 7.02. The minimum absolute atomic E-state index is 0.0458. The third-order valence-corrected chi connectivity index (χ3v) is 7.13. The summed E-state index contributed by atoms with van der Waals surface area (Å²) in [5.41, 5.74) is 2.89. The predicted molar refractivity (Wildman–Crippen MR) is 135 cm³/mol. The van der Waals surface area contributed by atoms with Crippen molar-refractivity contribution in [1.29, 1.82) is 0 Å². The van der Waals surface area contributed by atoms with Gasteiger partial charge in [0.05, 0.1) is 6.54 Å². The van der Waals surface area contributed by atoms with E-state index >= 15 is 0 Å². The van der Waals surface area contributed by atoms with Gasteiger partial charge in [-0.15, -0.1) is 10.2 Å². The van der Waals surface area contributed by atoms with Crippen molar-refractivity contribution in [1.82, 2.24) is 20.4 Å². The molecule has 8 heteroatoms. The highest BCUT2D eigenvalue weighted by Gasteiger charge is 2.26. The average molecular weight is 495 g/mol. The monoisotopic (exact) mass is 494 g/mol. The van der Waals surface area contributed by atoms with Crippen LogP contribution >= 0.6 is 11.3 Å². The van der Waals surface area contributed by atoms with E-state index in [0.29, 0.717) is 24.0 Å². The molecule has 0 aliphatic carbocycles. The van der Waals surface area contributed by atoms with E-state index in [1.165, 1.54) is 29.0 Å². The second kappa shape index (κ2) is 11.6. The highest BCUT2D eigenvalue weighted by Crippen LogP contribution is 2.24. The minimum Gasteiger partial charge on any atom is -0.346 e. The van der Waals surface area contributed by atoms with Crippen LogP contribution in [-0.4, -0.2) is 39.9 Å². The Balaban J connectivity index is 1.23. The molecule has 0 bridgehead atoms. The molecule has 1 saturated heterocycles. The molecule has 1 fully saturated rings. The van der Waals surface area contributed by atoms with Crippen molar-refractivity contribution in [2.24, 2.45) is 11.8 Å². The molecule has 2 heterocycles. The topological polar surface area (TPSA) is 75.2 Å². The van der Waals surface area contributed by atoms with Crippen LogP contribution in [0.15, 0.2) is 48.5 Å². The number of carbonyl (C=O) groups excluding carboxylic acids is 2. The van der Waals surface area contributed by atoms with E-state index in [-0.39, 0.29) is 23.4 Å². The largest absolute Gasteiger partial charge is 0.346 e. The molecule has 2 aromatic carbocycles. The van der Waals surface area contributed by atoms with Crippen LogP contribution in [-0.2, 0) is 19.5 Å². The molecule has 1 aromatic heterocycles. The number of carbonyl (C=O) groups is 2. The fourth-order valence-electron chi connectivity index (χ4n) is 4.33. The molecule has 1 aliphatic heterocycles. The lowest BCUT2D eigenvalue weighted by Gasteiger charge is -2.30. The maximum atomic E-state index is 13.0. The summed E-state index contributed by atoms with van der Waals surface area (Å²) in [5, 5.41) is 12.1. The lowest BCUT2D eigenvalue weighted by atomic mass is 9.88. The van der Waals surface area contributed by atoms with Gasteiger partial charge in [-0.3, -0.25) is 14.5 Å². The maximum Gasteiger partial charge on any atom is 0.282 e. The third-order valence-electron chi connectivity index (χ3n) is 6.23. The summed E-state index contributed by atoms with van der Waals surface area (Å²) in [5.74, 6) is 0.279. The van der Waals surface area contributed by atoms with E-state index < -0.39 is 0 Å². The zero-order chi connectivity index (χ0) is 24.8. The van der Waals surface area contributed by atoms with E-state index in [2.05, 4.69) is 46.4 Å². The predicted octanol–water partition coefficient (Wildman–Crippen LogP) is 4.90. The summed E-state index contributed by atoms with van der Waals surface area (Å²) >= 11 is 1.28. The Labute approximate surface area is 209 Å². The van der Waals surface area contributed by atoms with Crippen LogP contribution in [0.4, 0.5) is 4.39 Å². The van der Waals surface area contributed by atoms with Crippen LogP contribution in [0.3, 0.4) is 0 Å². The van der Waals surface area contributed by atoms with E-state index in [1.807, 2.05) is 12.1 Å². The molecule has 0 atom stereocenters. The minimum atomic E-state index is -0.307. The number of nitrogens with zero attached hydrogens (tertiary/aromatic N) is 3. The first kappa shape index (κ1) is 25.1. The first-order valence-corrected chi connectivity index (χ1v) is 12.9. The Morgan fingerprint density at radius 2 is 1.69 bits per heavy atom. The quantitative estimate of drug-likeness (QED) is 0.428. The zero-order valence-corrected chi connectivity index (χ0v) is 21.0. The fraction of sp³-hybridized carbons (Fsp3) is 0.407. The average Bonchev–Trinajstić information content (AvgIpc) is 3.32. The van der Waals surface area contributed by atoms with Crippen molar-refractivity contribution in [3.8, 4) is 0 Å². The number of hydrogen-bond acceptors (Lipinski definition) is 6. The van der Waals surface area contributed by atoms with Crippen LogP contribution in [0, 0.1) is 17.7 Å². The molecule has 6 nitrogen and oxygen atoms in total. The molecule has 184 valence electrons. The zero-order valence-electron chi connectivity index (χ0n) is 20.2.